The third kappa shape index (κ3) is 5.75. The van der Waals surface area contributed by atoms with Crippen molar-refractivity contribution < 1.29 is 18.3 Å². The van der Waals surface area contributed by atoms with Gasteiger partial charge in [0.2, 0.25) is 5.91 Å². The minimum atomic E-state index is -0.457. The second-order valence-electron chi connectivity index (χ2n) is 6.90. The minimum Gasteiger partial charge on any atom is -0.492 e. The van der Waals surface area contributed by atoms with Gasteiger partial charge in [-0.2, -0.15) is 0 Å². The van der Waals surface area contributed by atoms with E-state index in [1.54, 1.807) is 34.9 Å². The van der Waals surface area contributed by atoms with Crippen molar-refractivity contribution in [1.29, 1.82) is 0 Å². The highest BCUT2D eigenvalue weighted by Crippen LogP contribution is 2.29. The van der Waals surface area contributed by atoms with Gasteiger partial charge in [0.05, 0.1) is 17.9 Å². The van der Waals surface area contributed by atoms with Gasteiger partial charge >= 0.3 is 0 Å². The second-order valence-corrected chi connectivity index (χ2v) is 7.84. The number of aromatic nitrogens is 3. The van der Waals surface area contributed by atoms with Gasteiger partial charge in [0.15, 0.2) is 11.0 Å². The molecule has 6 nitrogen and oxygen atoms in total. The molecular weight excluding hydrogens is 446 g/mol. The summed E-state index contributed by atoms with van der Waals surface area (Å²) >= 11 is 1.15. The lowest BCUT2D eigenvalue weighted by Gasteiger charge is -2.11. The predicted molar refractivity (Wildman–Crippen MR) is 122 cm³/mol. The van der Waals surface area contributed by atoms with Crippen molar-refractivity contribution in [2.75, 3.05) is 18.9 Å². The standard InChI is InChI=1S/C24H20F2N4O2S/c25-17-10-12-18(13-11-17)30-23(20-8-4-5-9-21(20)26)28-29-24(30)33-16-22(31)27-14-15-32-19-6-2-1-3-7-19/h1-13H,14-16H2,(H,27,31). The van der Waals surface area contributed by atoms with Crippen LogP contribution in [0.15, 0.2) is 84.0 Å². The molecule has 0 saturated heterocycles. The molecule has 0 radical (unpaired) electrons. The molecule has 168 valence electrons. The number of benzene rings is 3. The SMILES string of the molecule is O=C(CSc1nnc(-c2ccccc2F)n1-c1ccc(F)cc1)NCCOc1ccccc1. The Morgan fingerprint density at radius 1 is 0.939 bits per heavy atom. The first-order valence-corrected chi connectivity index (χ1v) is 11.1. The molecule has 0 atom stereocenters. The van der Waals surface area contributed by atoms with E-state index < -0.39 is 11.6 Å². The Morgan fingerprint density at radius 3 is 2.42 bits per heavy atom. The van der Waals surface area contributed by atoms with E-state index in [4.69, 9.17) is 4.74 Å². The summed E-state index contributed by atoms with van der Waals surface area (Å²) in [5.41, 5.74) is 0.808. The molecule has 4 aromatic rings. The number of amides is 1. The zero-order valence-electron chi connectivity index (χ0n) is 17.4. The molecule has 1 aromatic heterocycles. The molecule has 1 amide bonds. The van der Waals surface area contributed by atoms with Crippen LogP contribution in [0.1, 0.15) is 0 Å². The molecule has 0 saturated carbocycles. The Kier molecular flexibility index (Phi) is 7.31. The lowest BCUT2D eigenvalue weighted by Crippen LogP contribution is -2.29. The summed E-state index contributed by atoms with van der Waals surface area (Å²) in [6.07, 6.45) is 0. The number of halogens is 2. The van der Waals surface area contributed by atoms with Crippen LogP contribution in [0, 0.1) is 11.6 Å². The number of rotatable bonds is 9. The van der Waals surface area contributed by atoms with Crippen LogP contribution in [0.4, 0.5) is 8.78 Å². The van der Waals surface area contributed by atoms with E-state index in [1.807, 2.05) is 30.3 Å². The number of carbonyl (C=O) groups excluding carboxylic acids is 1. The topological polar surface area (TPSA) is 69.0 Å². The first kappa shape index (κ1) is 22.5. The fraction of sp³-hybridized carbons (Fsp3) is 0.125. The van der Waals surface area contributed by atoms with Crippen LogP contribution in [0.5, 0.6) is 5.75 Å². The predicted octanol–water partition coefficient (Wildman–Crippen LogP) is 4.50. The number of thioether (sulfide) groups is 1. The lowest BCUT2D eigenvalue weighted by atomic mass is 10.2. The smallest absolute Gasteiger partial charge is 0.230 e. The largest absolute Gasteiger partial charge is 0.492 e. The summed E-state index contributed by atoms with van der Waals surface area (Å²) in [6.45, 7) is 0.684. The number of nitrogens with one attached hydrogen (secondary N) is 1. The van der Waals surface area contributed by atoms with E-state index in [1.165, 1.54) is 18.2 Å². The molecule has 0 aliphatic carbocycles. The molecule has 0 aliphatic heterocycles. The maximum atomic E-state index is 14.4. The molecule has 3 aromatic carbocycles. The Hall–Kier alpha value is -3.72. The van der Waals surface area contributed by atoms with E-state index >= 15 is 0 Å². The number of ether oxygens (including phenoxy) is 1. The first-order chi connectivity index (χ1) is 16.1. The fourth-order valence-electron chi connectivity index (χ4n) is 3.06. The molecule has 1 N–H and O–H groups in total. The second kappa shape index (κ2) is 10.7. The number of nitrogens with zero attached hydrogens (tertiary/aromatic N) is 3. The molecule has 0 bridgehead atoms. The summed E-state index contributed by atoms with van der Waals surface area (Å²) in [5.74, 6) is -0.000510. The highest BCUT2D eigenvalue weighted by atomic mass is 32.2. The van der Waals surface area contributed by atoms with Crippen LogP contribution in [-0.4, -0.2) is 39.6 Å². The van der Waals surface area contributed by atoms with Gasteiger partial charge < -0.3 is 10.1 Å². The van der Waals surface area contributed by atoms with Crippen molar-refractivity contribution in [3.8, 4) is 22.8 Å². The number of hydrogen-bond acceptors (Lipinski definition) is 5. The average molecular weight is 467 g/mol. The van der Waals surface area contributed by atoms with Crippen molar-refractivity contribution in [2.45, 2.75) is 5.16 Å². The summed E-state index contributed by atoms with van der Waals surface area (Å²) in [7, 11) is 0. The van der Waals surface area contributed by atoms with Crippen LogP contribution < -0.4 is 10.1 Å². The number of carbonyl (C=O) groups is 1. The van der Waals surface area contributed by atoms with Crippen molar-refractivity contribution in [2.24, 2.45) is 0 Å². The molecule has 33 heavy (non-hydrogen) atoms. The van der Waals surface area contributed by atoms with Gasteiger partial charge in [0.1, 0.15) is 24.0 Å². The van der Waals surface area contributed by atoms with Crippen molar-refractivity contribution in [3.05, 3.63) is 90.5 Å². The maximum Gasteiger partial charge on any atom is 0.230 e. The van der Waals surface area contributed by atoms with Gasteiger partial charge in [0.25, 0.3) is 0 Å². The molecule has 0 fully saturated rings. The zero-order chi connectivity index (χ0) is 23.0. The Balaban J connectivity index is 1.44. The lowest BCUT2D eigenvalue weighted by molar-refractivity contribution is -0.118. The zero-order valence-corrected chi connectivity index (χ0v) is 18.3. The van der Waals surface area contributed by atoms with Crippen LogP contribution in [0.3, 0.4) is 0 Å². The molecule has 4 rings (SSSR count). The summed E-state index contributed by atoms with van der Waals surface area (Å²) in [6, 6.07) is 21.2. The van der Waals surface area contributed by atoms with Gasteiger partial charge in [-0.3, -0.25) is 9.36 Å². The highest BCUT2D eigenvalue weighted by Gasteiger charge is 2.19. The summed E-state index contributed by atoms with van der Waals surface area (Å²) in [5, 5.41) is 11.5. The summed E-state index contributed by atoms with van der Waals surface area (Å²) < 4.78 is 35.0. The molecule has 1 heterocycles. The van der Waals surface area contributed by atoms with Crippen molar-refractivity contribution in [3.63, 3.8) is 0 Å². The molecular formula is C24H20F2N4O2S. The minimum absolute atomic E-state index is 0.0714. The molecule has 0 aliphatic rings. The number of para-hydroxylation sites is 1. The molecule has 0 unspecified atom stereocenters. The highest BCUT2D eigenvalue weighted by molar-refractivity contribution is 7.99. The maximum absolute atomic E-state index is 14.4. The van der Waals surface area contributed by atoms with Gasteiger partial charge in [0, 0.05) is 5.69 Å². The monoisotopic (exact) mass is 466 g/mol. The fourth-order valence-corrected chi connectivity index (χ4v) is 3.84. The third-order valence-electron chi connectivity index (χ3n) is 4.60. The normalized spacial score (nSPS) is 10.7. The van der Waals surface area contributed by atoms with E-state index in [-0.39, 0.29) is 23.0 Å². The molecule has 0 spiro atoms. The van der Waals surface area contributed by atoms with E-state index in [0.29, 0.717) is 24.0 Å². The van der Waals surface area contributed by atoms with Crippen molar-refractivity contribution in [1.82, 2.24) is 20.1 Å². The van der Waals surface area contributed by atoms with Crippen molar-refractivity contribution >= 4 is 17.7 Å². The third-order valence-corrected chi connectivity index (χ3v) is 5.53. The van der Waals surface area contributed by atoms with Crippen LogP contribution >= 0.6 is 11.8 Å². The van der Waals surface area contributed by atoms with Gasteiger partial charge in [-0.1, -0.05) is 42.1 Å². The Bertz CT molecular complexity index is 1220. The quantitative estimate of drug-likeness (QED) is 0.291. The Labute approximate surface area is 193 Å². The van der Waals surface area contributed by atoms with Gasteiger partial charge in [-0.05, 0) is 48.5 Å². The van der Waals surface area contributed by atoms with E-state index in [0.717, 1.165) is 17.5 Å². The Morgan fingerprint density at radius 2 is 1.67 bits per heavy atom. The van der Waals surface area contributed by atoms with E-state index in [9.17, 15) is 13.6 Å². The summed E-state index contributed by atoms with van der Waals surface area (Å²) in [4.78, 5) is 12.3. The van der Waals surface area contributed by atoms with Gasteiger partial charge in [-0.25, -0.2) is 8.78 Å². The number of hydrogen-bond donors (Lipinski definition) is 1. The van der Waals surface area contributed by atoms with Crippen LogP contribution in [0.25, 0.3) is 17.1 Å². The van der Waals surface area contributed by atoms with Gasteiger partial charge in [-0.15, -0.1) is 10.2 Å². The van der Waals surface area contributed by atoms with E-state index in [2.05, 4.69) is 15.5 Å². The average Bonchev–Trinajstić information content (AvgIpc) is 3.25. The first-order valence-electron chi connectivity index (χ1n) is 10.2. The van der Waals surface area contributed by atoms with Crippen LogP contribution in [-0.2, 0) is 4.79 Å². The molecule has 9 heteroatoms. The van der Waals surface area contributed by atoms with Crippen LogP contribution in [0.2, 0.25) is 0 Å².